The molecule has 1 aromatic heterocycles. The summed E-state index contributed by atoms with van der Waals surface area (Å²) in [7, 11) is 3.45. The molecule has 1 aromatic carbocycles. The third-order valence-corrected chi connectivity index (χ3v) is 5.42. The van der Waals surface area contributed by atoms with Gasteiger partial charge in [0.15, 0.2) is 5.82 Å². The molecule has 4 rings (SSSR count). The van der Waals surface area contributed by atoms with Gasteiger partial charge in [0, 0.05) is 37.8 Å². The van der Waals surface area contributed by atoms with E-state index in [2.05, 4.69) is 15.2 Å². The highest BCUT2D eigenvalue weighted by Crippen LogP contribution is 2.36. The summed E-state index contributed by atoms with van der Waals surface area (Å²) < 4.78 is 5.28. The van der Waals surface area contributed by atoms with E-state index in [-0.39, 0.29) is 5.91 Å². The molecule has 1 N–H and O–H groups in total. The van der Waals surface area contributed by atoms with Crippen LogP contribution in [0, 0.1) is 0 Å². The summed E-state index contributed by atoms with van der Waals surface area (Å²) in [5.41, 5.74) is 1.64. The topological polar surface area (TPSA) is 70.6 Å². The lowest BCUT2D eigenvalue weighted by atomic mass is 10.2. The Hall–Kier alpha value is -2.83. The maximum Gasteiger partial charge on any atom is 0.229 e. The lowest BCUT2D eigenvalue weighted by Gasteiger charge is -2.30. The average molecular weight is 367 g/mol. The minimum atomic E-state index is 0.105. The minimum Gasteiger partial charge on any atom is -0.497 e. The van der Waals surface area contributed by atoms with Gasteiger partial charge in [-0.15, -0.1) is 0 Å². The minimum absolute atomic E-state index is 0.105. The molecule has 0 radical (unpaired) electrons. The zero-order chi connectivity index (χ0) is 18.8. The Morgan fingerprint density at radius 2 is 2.07 bits per heavy atom. The number of methoxy groups -OCH3 is 1. The van der Waals surface area contributed by atoms with Crippen molar-refractivity contribution in [2.45, 2.75) is 38.1 Å². The van der Waals surface area contributed by atoms with Crippen molar-refractivity contribution < 1.29 is 9.53 Å². The molecule has 2 heterocycles. The van der Waals surface area contributed by atoms with E-state index in [0.29, 0.717) is 25.0 Å². The summed E-state index contributed by atoms with van der Waals surface area (Å²) in [6.07, 6.45) is 7.03. The number of ether oxygens (including phenoxy) is 1. The molecule has 1 fully saturated rings. The second-order valence-electron chi connectivity index (χ2n) is 7.09. The molecule has 0 bridgehead atoms. The second-order valence-corrected chi connectivity index (χ2v) is 7.09. The molecule has 7 nitrogen and oxygen atoms in total. The molecule has 1 saturated carbocycles. The zero-order valence-corrected chi connectivity index (χ0v) is 15.8. The fraction of sp³-hybridized carbons (Fsp3) is 0.450. The van der Waals surface area contributed by atoms with E-state index in [4.69, 9.17) is 9.72 Å². The molecule has 27 heavy (non-hydrogen) atoms. The van der Waals surface area contributed by atoms with Crippen molar-refractivity contribution >= 4 is 29.0 Å². The predicted molar refractivity (Wildman–Crippen MR) is 106 cm³/mol. The van der Waals surface area contributed by atoms with Gasteiger partial charge >= 0.3 is 0 Å². The lowest BCUT2D eigenvalue weighted by Crippen LogP contribution is -2.34. The summed E-state index contributed by atoms with van der Waals surface area (Å²) in [4.78, 5) is 25.6. The van der Waals surface area contributed by atoms with Crippen molar-refractivity contribution in [3.8, 4) is 5.75 Å². The van der Waals surface area contributed by atoms with E-state index < -0.39 is 0 Å². The molecule has 0 atom stereocenters. The maximum absolute atomic E-state index is 12.4. The molecule has 0 saturated heterocycles. The van der Waals surface area contributed by atoms with Gasteiger partial charge in [-0.2, -0.15) is 4.98 Å². The van der Waals surface area contributed by atoms with Crippen molar-refractivity contribution in [1.29, 1.82) is 0 Å². The van der Waals surface area contributed by atoms with Gasteiger partial charge in [0.2, 0.25) is 11.9 Å². The Kier molecular flexibility index (Phi) is 4.83. The van der Waals surface area contributed by atoms with Crippen molar-refractivity contribution in [2.75, 3.05) is 35.8 Å². The standard InChI is InChI=1S/C20H25N5O2/c1-24-17-13-21-20(22-14-6-5-9-16(12-14)27-2)23-19(17)25(11-10-18(24)26)15-7-3-4-8-15/h5-6,9,12-13,15H,3-4,7-8,10-11H2,1-2H3,(H,21,22,23). The molecule has 142 valence electrons. The second kappa shape index (κ2) is 7.42. The van der Waals surface area contributed by atoms with Crippen molar-refractivity contribution in [1.82, 2.24) is 9.97 Å². The summed E-state index contributed by atoms with van der Waals surface area (Å²) >= 11 is 0. The van der Waals surface area contributed by atoms with Gasteiger partial charge in [-0.25, -0.2) is 4.98 Å². The average Bonchev–Trinajstić information content (AvgIpc) is 3.18. The van der Waals surface area contributed by atoms with Crippen LogP contribution in [0.4, 0.5) is 23.1 Å². The molecule has 2 aromatic rings. The number of aromatic nitrogens is 2. The molecular formula is C20H25N5O2. The van der Waals surface area contributed by atoms with Crippen molar-refractivity contribution in [3.05, 3.63) is 30.5 Å². The number of benzene rings is 1. The highest BCUT2D eigenvalue weighted by molar-refractivity contribution is 5.97. The van der Waals surface area contributed by atoms with Crippen molar-refractivity contribution in [2.24, 2.45) is 0 Å². The number of nitrogens with one attached hydrogen (secondary N) is 1. The fourth-order valence-corrected chi connectivity index (χ4v) is 3.90. The number of rotatable bonds is 4. The summed E-state index contributed by atoms with van der Waals surface area (Å²) in [6, 6.07) is 8.11. The van der Waals surface area contributed by atoms with Gasteiger partial charge in [-0.3, -0.25) is 4.79 Å². The Labute approximate surface area is 159 Å². The number of nitrogens with zero attached hydrogens (tertiary/aromatic N) is 4. The lowest BCUT2D eigenvalue weighted by molar-refractivity contribution is -0.118. The Bertz CT molecular complexity index is 835. The predicted octanol–water partition coefficient (Wildman–Crippen LogP) is 3.34. The monoisotopic (exact) mass is 367 g/mol. The van der Waals surface area contributed by atoms with Crippen LogP contribution in [0.15, 0.2) is 30.5 Å². The van der Waals surface area contributed by atoms with Crippen LogP contribution in [-0.2, 0) is 4.79 Å². The van der Waals surface area contributed by atoms with Crippen LogP contribution in [0.25, 0.3) is 0 Å². The zero-order valence-electron chi connectivity index (χ0n) is 15.8. The smallest absolute Gasteiger partial charge is 0.229 e. The van der Waals surface area contributed by atoms with E-state index in [1.54, 1.807) is 25.3 Å². The summed E-state index contributed by atoms with van der Waals surface area (Å²) in [6.45, 7) is 0.705. The quantitative estimate of drug-likeness (QED) is 0.894. The third-order valence-electron chi connectivity index (χ3n) is 5.42. The number of carbonyl (C=O) groups is 1. The molecule has 1 amide bonds. The van der Waals surface area contributed by atoms with Gasteiger partial charge in [-0.05, 0) is 25.0 Å². The fourth-order valence-electron chi connectivity index (χ4n) is 3.90. The van der Waals surface area contributed by atoms with E-state index in [9.17, 15) is 4.79 Å². The van der Waals surface area contributed by atoms with E-state index in [1.165, 1.54) is 12.8 Å². The first-order valence-corrected chi connectivity index (χ1v) is 9.47. The summed E-state index contributed by atoms with van der Waals surface area (Å²) in [5.74, 6) is 2.24. The van der Waals surface area contributed by atoms with E-state index in [1.807, 2.05) is 24.3 Å². The molecule has 7 heteroatoms. The number of amides is 1. The van der Waals surface area contributed by atoms with Crippen LogP contribution < -0.4 is 19.9 Å². The Balaban J connectivity index is 1.68. The molecular weight excluding hydrogens is 342 g/mol. The molecule has 2 aliphatic rings. The number of fused-ring (bicyclic) bond motifs is 1. The van der Waals surface area contributed by atoms with Crippen LogP contribution in [-0.4, -0.2) is 42.6 Å². The van der Waals surface area contributed by atoms with Crippen LogP contribution in [0.3, 0.4) is 0 Å². The number of anilines is 4. The third kappa shape index (κ3) is 3.54. The first kappa shape index (κ1) is 17.6. The van der Waals surface area contributed by atoms with Crippen LogP contribution in [0.1, 0.15) is 32.1 Å². The molecule has 0 spiro atoms. The number of hydrogen-bond acceptors (Lipinski definition) is 6. The summed E-state index contributed by atoms with van der Waals surface area (Å²) in [5, 5.41) is 3.25. The Morgan fingerprint density at radius 3 is 2.85 bits per heavy atom. The van der Waals surface area contributed by atoms with Gasteiger partial charge in [-0.1, -0.05) is 18.9 Å². The first-order valence-electron chi connectivity index (χ1n) is 9.47. The van der Waals surface area contributed by atoms with E-state index in [0.717, 1.165) is 35.8 Å². The maximum atomic E-state index is 12.4. The molecule has 1 aliphatic carbocycles. The highest BCUT2D eigenvalue weighted by atomic mass is 16.5. The first-order chi connectivity index (χ1) is 13.2. The van der Waals surface area contributed by atoms with Crippen molar-refractivity contribution in [3.63, 3.8) is 0 Å². The highest BCUT2D eigenvalue weighted by Gasteiger charge is 2.31. The van der Waals surface area contributed by atoms with Gasteiger partial charge < -0.3 is 19.9 Å². The van der Waals surface area contributed by atoms with E-state index >= 15 is 0 Å². The SMILES string of the molecule is COc1cccc(Nc2ncc3c(n2)N(C2CCCC2)CCC(=O)N3C)c1. The number of hydrogen-bond donors (Lipinski definition) is 1. The van der Waals surface area contributed by atoms with Crippen LogP contribution in [0.5, 0.6) is 5.75 Å². The normalized spacial score (nSPS) is 17.6. The van der Waals surface area contributed by atoms with Gasteiger partial charge in [0.05, 0.1) is 13.3 Å². The van der Waals surface area contributed by atoms with Crippen LogP contribution in [0.2, 0.25) is 0 Å². The largest absolute Gasteiger partial charge is 0.497 e. The Morgan fingerprint density at radius 1 is 1.26 bits per heavy atom. The van der Waals surface area contributed by atoms with Gasteiger partial charge in [0.1, 0.15) is 11.4 Å². The number of carbonyl (C=O) groups excluding carboxylic acids is 1. The van der Waals surface area contributed by atoms with Gasteiger partial charge in [0.25, 0.3) is 0 Å². The molecule has 1 aliphatic heterocycles. The molecule has 0 unspecified atom stereocenters. The van der Waals surface area contributed by atoms with Crippen LogP contribution >= 0.6 is 0 Å².